The largest absolute Gasteiger partial charge is 0.462 e. The Labute approximate surface area is 224 Å². The van der Waals surface area contributed by atoms with Gasteiger partial charge in [-0.25, -0.2) is 0 Å². The molecule has 0 aromatic carbocycles. The first-order valence-corrected chi connectivity index (χ1v) is 14.7. The molecule has 4 rings (SSSR count). The maximum Gasteiger partial charge on any atom is 0.314 e. The van der Waals surface area contributed by atoms with Gasteiger partial charge in [-0.2, -0.15) is 0 Å². The van der Waals surface area contributed by atoms with Gasteiger partial charge in [0.05, 0.1) is 24.2 Å². The highest BCUT2D eigenvalue weighted by molar-refractivity contribution is 5.76. The lowest BCUT2D eigenvalue weighted by molar-refractivity contribution is -0.163. The van der Waals surface area contributed by atoms with Crippen molar-refractivity contribution in [2.45, 2.75) is 117 Å². The van der Waals surface area contributed by atoms with Gasteiger partial charge in [0.1, 0.15) is 6.10 Å². The Morgan fingerprint density at radius 3 is 2.59 bits per heavy atom. The van der Waals surface area contributed by atoms with Gasteiger partial charge in [0.25, 0.3) is 0 Å². The van der Waals surface area contributed by atoms with E-state index in [0.29, 0.717) is 36.5 Å². The summed E-state index contributed by atoms with van der Waals surface area (Å²) in [4.78, 5) is 12.6. The Bertz CT molecular complexity index is 912. The van der Waals surface area contributed by atoms with Crippen LogP contribution in [0.3, 0.4) is 0 Å². The first-order valence-electron chi connectivity index (χ1n) is 14.7. The van der Waals surface area contributed by atoms with Crippen LogP contribution in [-0.4, -0.2) is 46.2 Å². The summed E-state index contributed by atoms with van der Waals surface area (Å²) in [6.45, 7) is 12.3. The summed E-state index contributed by atoms with van der Waals surface area (Å²) in [7, 11) is 0. The zero-order chi connectivity index (χ0) is 27.0. The minimum Gasteiger partial charge on any atom is -0.462 e. The number of ether oxygens (including phenoxy) is 1. The molecule has 5 heteroatoms. The molecule has 0 aliphatic heterocycles. The van der Waals surface area contributed by atoms with E-state index >= 15 is 0 Å². The SMILES string of the molecule is C=C1/C(=C\C=C2/CCC[C@]3(C)[C@@H]([C@H](C)CC[C@@H](OC(=O)C(C)(C)CO)C4CC4)CC[C@@H]23)C[C@@H](O)C[C@@H]1O. The van der Waals surface area contributed by atoms with Gasteiger partial charge in [-0.15, -0.1) is 0 Å². The van der Waals surface area contributed by atoms with Crippen molar-refractivity contribution in [3.63, 3.8) is 0 Å². The predicted molar refractivity (Wildman–Crippen MR) is 147 cm³/mol. The molecule has 208 valence electrons. The molecular formula is C32H50O5. The van der Waals surface area contributed by atoms with E-state index in [2.05, 4.69) is 32.6 Å². The van der Waals surface area contributed by atoms with Crippen molar-refractivity contribution < 1.29 is 24.9 Å². The van der Waals surface area contributed by atoms with Gasteiger partial charge < -0.3 is 20.1 Å². The molecule has 0 aromatic rings. The summed E-state index contributed by atoms with van der Waals surface area (Å²) >= 11 is 0. The fraction of sp³-hybridized carbons (Fsp3) is 0.781. The molecule has 7 atom stereocenters. The highest BCUT2D eigenvalue weighted by atomic mass is 16.5. The van der Waals surface area contributed by atoms with Crippen LogP contribution < -0.4 is 0 Å². The minimum absolute atomic E-state index is 0.0199. The lowest BCUT2D eigenvalue weighted by Gasteiger charge is -2.44. The van der Waals surface area contributed by atoms with Crippen LogP contribution in [-0.2, 0) is 9.53 Å². The summed E-state index contributed by atoms with van der Waals surface area (Å²) in [5.74, 6) is 2.03. The van der Waals surface area contributed by atoms with Gasteiger partial charge in [0.15, 0.2) is 0 Å². The Hall–Kier alpha value is -1.43. The van der Waals surface area contributed by atoms with E-state index in [9.17, 15) is 20.1 Å². The van der Waals surface area contributed by atoms with Gasteiger partial charge in [-0.1, -0.05) is 38.2 Å². The molecule has 4 saturated carbocycles. The van der Waals surface area contributed by atoms with E-state index in [0.717, 1.165) is 43.3 Å². The molecule has 0 saturated heterocycles. The monoisotopic (exact) mass is 514 g/mol. The normalized spacial score (nSPS) is 36.5. The topological polar surface area (TPSA) is 87.0 Å². The maximum absolute atomic E-state index is 12.6. The standard InChI is InChI=1S/C32H50O5/c1-20(8-15-29(23-10-11-23)37-30(36)31(3,4)19-33)26-13-14-27-22(7-6-16-32(26,27)5)9-12-24-17-25(34)18-28(35)21(24)2/h9,12,20,23,25-29,33-35H,2,6-8,10-11,13-19H2,1,3-5H3/b22-9+,24-12-/t20-,25-,26-,27+,28+,29-,32-/m1/s1. The molecule has 0 aromatic heterocycles. The molecule has 0 unspecified atom stereocenters. The summed E-state index contributed by atoms with van der Waals surface area (Å²) < 4.78 is 5.95. The minimum atomic E-state index is -0.842. The molecule has 4 fully saturated rings. The molecule has 0 spiro atoms. The number of hydrogen-bond donors (Lipinski definition) is 3. The molecule has 4 aliphatic rings. The summed E-state index contributed by atoms with van der Waals surface area (Å²) in [5, 5.41) is 29.9. The summed E-state index contributed by atoms with van der Waals surface area (Å²) in [6.07, 6.45) is 14.5. The van der Waals surface area contributed by atoms with Crippen molar-refractivity contribution in [2.75, 3.05) is 6.61 Å². The Morgan fingerprint density at radius 1 is 1.19 bits per heavy atom. The number of aliphatic hydroxyl groups excluding tert-OH is 3. The van der Waals surface area contributed by atoms with E-state index in [1.54, 1.807) is 13.8 Å². The van der Waals surface area contributed by atoms with E-state index in [1.165, 1.54) is 31.3 Å². The predicted octanol–water partition coefficient (Wildman–Crippen LogP) is 5.88. The second-order valence-corrected chi connectivity index (χ2v) is 13.5. The number of rotatable bonds is 9. The Kier molecular flexibility index (Phi) is 8.77. The van der Waals surface area contributed by atoms with E-state index in [1.807, 2.05) is 0 Å². The van der Waals surface area contributed by atoms with Crippen molar-refractivity contribution in [1.29, 1.82) is 0 Å². The van der Waals surface area contributed by atoms with Crippen molar-refractivity contribution in [3.05, 3.63) is 35.5 Å². The first-order chi connectivity index (χ1) is 17.5. The number of carbonyl (C=O) groups is 1. The second-order valence-electron chi connectivity index (χ2n) is 13.5. The van der Waals surface area contributed by atoms with Crippen molar-refractivity contribution in [3.8, 4) is 0 Å². The van der Waals surface area contributed by atoms with Crippen LogP contribution in [0, 0.1) is 34.5 Å². The molecule has 4 aliphatic carbocycles. The van der Waals surface area contributed by atoms with Crippen molar-refractivity contribution in [1.82, 2.24) is 0 Å². The fourth-order valence-electron chi connectivity index (χ4n) is 7.53. The Balaban J connectivity index is 1.40. The van der Waals surface area contributed by atoms with Crippen molar-refractivity contribution >= 4 is 5.97 Å². The average molecular weight is 515 g/mol. The van der Waals surface area contributed by atoms with E-state index in [4.69, 9.17) is 4.74 Å². The van der Waals surface area contributed by atoms with Gasteiger partial charge >= 0.3 is 5.97 Å². The maximum atomic E-state index is 12.6. The van der Waals surface area contributed by atoms with Gasteiger partial charge in [-0.05, 0) is 118 Å². The quantitative estimate of drug-likeness (QED) is 0.334. The Morgan fingerprint density at radius 2 is 1.92 bits per heavy atom. The zero-order valence-electron chi connectivity index (χ0n) is 23.5. The van der Waals surface area contributed by atoms with Crippen molar-refractivity contribution in [2.24, 2.45) is 34.5 Å². The summed E-state index contributed by atoms with van der Waals surface area (Å²) in [6, 6.07) is 0. The highest BCUT2D eigenvalue weighted by Crippen LogP contribution is 2.60. The third-order valence-corrected chi connectivity index (χ3v) is 10.2. The molecule has 5 nitrogen and oxygen atoms in total. The third-order valence-electron chi connectivity index (χ3n) is 10.2. The number of fused-ring (bicyclic) bond motifs is 1. The van der Waals surface area contributed by atoms with Gasteiger partial charge in [-0.3, -0.25) is 4.79 Å². The molecule has 0 amide bonds. The molecular weight excluding hydrogens is 464 g/mol. The molecule has 3 N–H and O–H groups in total. The molecule has 0 heterocycles. The molecule has 0 bridgehead atoms. The number of hydrogen-bond acceptors (Lipinski definition) is 5. The van der Waals surface area contributed by atoms with Crippen LogP contribution in [0.15, 0.2) is 35.5 Å². The zero-order valence-corrected chi connectivity index (χ0v) is 23.5. The van der Waals surface area contributed by atoms with Crippen LogP contribution in [0.2, 0.25) is 0 Å². The average Bonchev–Trinajstić information content (AvgIpc) is 3.63. The molecule has 0 radical (unpaired) electrons. The lowest BCUT2D eigenvalue weighted by atomic mass is 9.60. The van der Waals surface area contributed by atoms with Crippen LogP contribution >= 0.6 is 0 Å². The first kappa shape index (κ1) is 28.6. The number of esters is 1. The second kappa shape index (κ2) is 11.4. The smallest absolute Gasteiger partial charge is 0.314 e. The van der Waals surface area contributed by atoms with E-state index in [-0.39, 0.29) is 24.1 Å². The number of aliphatic hydroxyl groups is 3. The highest BCUT2D eigenvalue weighted by Gasteiger charge is 2.50. The summed E-state index contributed by atoms with van der Waals surface area (Å²) in [5.41, 5.74) is 2.71. The lowest BCUT2D eigenvalue weighted by Crippen LogP contribution is -2.37. The van der Waals surface area contributed by atoms with Crippen LogP contribution in [0.1, 0.15) is 98.3 Å². The van der Waals surface area contributed by atoms with Gasteiger partial charge in [0.2, 0.25) is 0 Å². The van der Waals surface area contributed by atoms with Crippen LogP contribution in [0.5, 0.6) is 0 Å². The van der Waals surface area contributed by atoms with Gasteiger partial charge in [0, 0.05) is 6.42 Å². The molecule has 37 heavy (non-hydrogen) atoms. The van der Waals surface area contributed by atoms with Crippen LogP contribution in [0.25, 0.3) is 0 Å². The fourth-order valence-corrected chi connectivity index (χ4v) is 7.53. The third kappa shape index (κ3) is 6.25. The number of allylic oxidation sites excluding steroid dienone is 3. The van der Waals surface area contributed by atoms with E-state index < -0.39 is 17.6 Å². The number of carbonyl (C=O) groups excluding carboxylic acids is 1. The van der Waals surface area contributed by atoms with Crippen LogP contribution in [0.4, 0.5) is 0 Å².